The number of halogens is 2. The average Bonchev–Trinajstić information content (AvgIpc) is 2.33. The molecule has 3 nitrogen and oxygen atoms in total. The van der Waals surface area contributed by atoms with Crippen LogP contribution in [0.5, 0.6) is 0 Å². The molecule has 0 saturated carbocycles. The average molecular weight is 296 g/mol. The predicted molar refractivity (Wildman–Crippen MR) is 68.8 cm³/mol. The summed E-state index contributed by atoms with van der Waals surface area (Å²) in [7, 11) is 0. The van der Waals surface area contributed by atoms with Crippen LogP contribution in [0.1, 0.15) is 6.92 Å². The molecular weight excluding hydrogens is 285 g/mol. The molecule has 0 unspecified atom stereocenters. The standard InChI is InChI=1S/C12H11BrFN3/c1-2-17(10-5-3-4-9(14)6-10)12-11(13)7-15-8-16-12/h3-8H,2H2,1H3. The zero-order valence-corrected chi connectivity index (χ0v) is 10.9. The van der Waals surface area contributed by atoms with Crippen LogP contribution < -0.4 is 4.90 Å². The van der Waals surface area contributed by atoms with Gasteiger partial charge < -0.3 is 4.90 Å². The summed E-state index contributed by atoms with van der Waals surface area (Å²) in [6, 6.07) is 6.44. The van der Waals surface area contributed by atoms with Gasteiger partial charge in [-0.2, -0.15) is 0 Å². The molecule has 17 heavy (non-hydrogen) atoms. The monoisotopic (exact) mass is 295 g/mol. The Morgan fingerprint density at radius 2 is 2.24 bits per heavy atom. The minimum atomic E-state index is -0.258. The summed E-state index contributed by atoms with van der Waals surface area (Å²) in [5, 5.41) is 0. The Kier molecular flexibility index (Phi) is 3.68. The van der Waals surface area contributed by atoms with Crippen molar-refractivity contribution in [2.24, 2.45) is 0 Å². The van der Waals surface area contributed by atoms with Crippen molar-refractivity contribution in [2.75, 3.05) is 11.4 Å². The lowest BCUT2D eigenvalue weighted by atomic mass is 10.2. The summed E-state index contributed by atoms with van der Waals surface area (Å²) in [4.78, 5) is 10.0. The van der Waals surface area contributed by atoms with E-state index in [2.05, 4.69) is 25.9 Å². The fraction of sp³-hybridized carbons (Fsp3) is 0.167. The molecule has 0 atom stereocenters. The Hall–Kier alpha value is -1.49. The highest BCUT2D eigenvalue weighted by Crippen LogP contribution is 2.29. The largest absolute Gasteiger partial charge is 0.326 e. The van der Waals surface area contributed by atoms with E-state index in [1.807, 2.05) is 17.9 Å². The molecule has 0 fully saturated rings. The summed E-state index contributed by atoms with van der Waals surface area (Å²) in [5.41, 5.74) is 0.770. The molecule has 1 heterocycles. The Morgan fingerprint density at radius 1 is 1.41 bits per heavy atom. The van der Waals surface area contributed by atoms with E-state index in [0.29, 0.717) is 6.54 Å². The van der Waals surface area contributed by atoms with Crippen LogP contribution in [0.2, 0.25) is 0 Å². The van der Waals surface area contributed by atoms with Crippen LogP contribution in [0.3, 0.4) is 0 Å². The van der Waals surface area contributed by atoms with Gasteiger partial charge in [0, 0.05) is 18.4 Å². The summed E-state index contributed by atoms with van der Waals surface area (Å²) in [5.74, 6) is 0.472. The van der Waals surface area contributed by atoms with E-state index in [9.17, 15) is 4.39 Å². The first kappa shape index (κ1) is 12.0. The van der Waals surface area contributed by atoms with Crippen LogP contribution in [0.15, 0.2) is 41.3 Å². The van der Waals surface area contributed by atoms with Crippen molar-refractivity contribution < 1.29 is 4.39 Å². The predicted octanol–water partition coefficient (Wildman–Crippen LogP) is 3.54. The molecule has 0 N–H and O–H groups in total. The van der Waals surface area contributed by atoms with Crippen molar-refractivity contribution in [3.05, 3.63) is 47.1 Å². The molecule has 0 aliphatic heterocycles. The van der Waals surface area contributed by atoms with Crippen LogP contribution in [0.4, 0.5) is 15.9 Å². The van der Waals surface area contributed by atoms with Crippen molar-refractivity contribution in [2.45, 2.75) is 6.92 Å². The van der Waals surface area contributed by atoms with Gasteiger partial charge in [0.05, 0.1) is 4.47 Å². The van der Waals surface area contributed by atoms with Crippen LogP contribution in [-0.2, 0) is 0 Å². The van der Waals surface area contributed by atoms with Gasteiger partial charge in [0.1, 0.15) is 12.1 Å². The van der Waals surface area contributed by atoms with Crippen molar-refractivity contribution in [3.8, 4) is 0 Å². The number of rotatable bonds is 3. The number of hydrogen-bond acceptors (Lipinski definition) is 3. The second-order valence-corrected chi connectivity index (χ2v) is 4.27. The van der Waals surface area contributed by atoms with Crippen LogP contribution in [-0.4, -0.2) is 16.5 Å². The van der Waals surface area contributed by atoms with Gasteiger partial charge in [-0.1, -0.05) is 6.07 Å². The van der Waals surface area contributed by atoms with E-state index in [4.69, 9.17) is 0 Å². The van der Waals surface area contributed by atoms with Gasteiger partial charge in [0.2, 0.25) is 0 Å². The number of benzene rings is 1. The van der Waals surface area contributed by atoms with Crippen molar-refractivity contribution in [1.29, 1.82) is 0 Å². The van der Waals surface area contributed by atoms with Crippen LogP contribution in [0.25, 0.3) is 0 Å². The van der Waals surface area contributed by atoms with Gasteiger partial charge in [-0.25, -0.2) is 14.4 Å². The third kappa shape index (κ3) is 2.61. The molecule has 0 aliphatic carbocycles. The van der Waals surface area contributed by atoms with Crippen molar-refractivity contribution in [3.63, 3.8) is 0 Å². The zero-order valence-electron chi connectivity index (χ0n) is 9.27. The molecule has 2 rings (SSSR count). The first-order valence-electron chi connectivity index (χ1n) is 5.21. The molecule has 0 saturated heterocycles. The van der Waals surface area contributed by atoms with Crippen LogP contribution >= 0.6 is 15.9 Å². The van der Waals surface area contributed by atoms with Gasteiger partial charge >= 0.3 is 0 Å². The lowest BCUT2D eigenvalue weighted by Gasteiger charge is -2.22. The quantitative estimate of drug-likeness (QED) is 0.867. The number of hydrogen-bond donors (Lipinski definition) is 0. The van der Waals surface area contributed by atoms with E-state index < -0.39 is 0 Å². The zero-order chi connectivity index (χ0) is 12.3. The highest BCUT2D eigenvalue weighted by Gasteiger charge is 2.12. The molecule has 5 heteroatoms. The lowest BCUT2D eigenvalue weighted by Crippen LogP contribution is -2.18. The highest BCUT2D eigenvalue weighted by molar-refractivity contribution is 9.10. The maximum Gasteiger partial charge on any atom is 0.150 e. The molecular formula is C12H11BrFN3. The number of aromatic nitrogens is 2. The third-order valence-corrected chi connectivity index (χ3v) is 2.90. The summed E-state index contributed by atoms with van der Waals surface area (Å²) >= 11 is 3.39. The summed E-state index contributed by atoms with van der Waals surface area (Å²) < 4.78 is 14.0. The van der Waals surface area contributed by atoms with Gasteiger partial charge in [-0.05, 0) is 41.1 Å². The normalized spacial score (nSPS) is 10.3. The molecule has 0 bridgehead atoms. The molecule has 2 aromatic rings. The minimum absolute atomic E-state index is 0.258. The molecule has 1 aromatic carbocycles. The number of anilines is 2. The highest BCUT2D eigenvalue weighted by atomic mass is 79.9. The minimum Gasteiger partial charge on any atom is -0.326 e. The maximum atomic E-state index is 13.2. The molecule has 0 spiro atoms. The first-order chi connectivity index (χ1) is 8.22. The van der Waals surface area contributed by atoms with E-state index >= 15 is 0 Å². The van der Waals surface area contributed by atoms with Gasteiger partial charge in [0.15, 0.2) is 5.82 Å². The lowest BCUT2D eigenvalue weighted by molar-refractivity contribution is 0.627. The van der Waals surface area contributed by atoms with Crippen molar-refractivity contribution in [1.82, 2.24) is 9.97 Å². The van der Waals surface area contributed by atoms with Gasteiger partial charge in [0.25, 0.3) is 0 Å². The van der Waals surface area contributed by atoms with E-state index in [1.165, 1.54) is 18.5 Å². The van der Waals surface area contributed by atoms with Gasteiger partial charge in [-0.15, -0.1) is 0 Å². The first-order valence-corrected chi connectivity index (χ1v) is 6.00. The Balaban J connectivity index is 2.44. The number of nitrogens with zero attached hydrogens (tertiary/aromatic N) is 3. The third-order valence-electron chi connectivity index (χ3n) is 2.34. The molecule has 0 aliphatic rings. The second kappa shape index (κ2) is 5.23. The van der Waals surface area contributed by atoms with E-state index in [0.717, 1.165) is 16.0 Å². The summed E-state index contributed by atoms with van der Waals surface area (Å²) in [6.07, 6.45) is 3.15. The molecule has 88 valence electrons. The Labute approximate surface area is 107 Å². The molecule has 1 aromatic heterocycles. The molecule has 0 radical (unpaired) electrons. The fourth-order valence-corrected chi connectivity index (χ4v) is 2.04. The topological polar surface area (TPSA) is 29.0 Å². The smallest absolute Gasteiger partial charge is 0.150 e. The van der Waals surface area contributed by atoms with E-state index in [1.54, 1.807) is 12.3 Å². The fourth-order valence-electron chi connectivity index (χ4n) is 1.60. The molecule has 0 amide bonds. The summed E-state index contributed by atoms with van der Waals surface area (Å²) in [6.45, 7) is 2.68. The van der Waals surface area contributed by atoms with Crippen LogP contribution in [0, 0.1) is 5.82 Å². The van der Waals surface area contributed by atoms with E-state index in [-0.39, 0.29) is 5.82 Å². The Bertz CT molecular complexity index is 519. The maximum absolute atomic E-state index is 13.2. The Morgan fingerprint density at radius 3 is 2.88 bits per heavy atom. The van der Waals surface area contributed by atoms with Crippen molar-refractivity contribution >= 4 is 27.4 Å². The van der Waals surface area contributed by atoms with Gasteiger partial charge in [-0.3, -0.25) is 0 Å². The second-order valence-electron chi connectivity index (χ2n) is 3.42. The SMILES string of the molecule is CCN(c1cccc(F)c1)c1ncncc1Br.